The van der Waals surface area contributed by atoms with Crippen LogP contribution >= 0.6 is 15.9 Å². The van der Waals surface area contributed by atoms with E-state index in [1.54, 1.807) is 6.07 Å². The van der Waals surface area contributed by atoms with Crippen molar-refractivity contribution in [2.75, 3.05) is 18.0 Å². The maximum atomic E-state index is 12.5. The monoisotopic (exact) mass is 441 g/mol. The van der Waals surface area contributed by atoms with E-state index in [0.717, 1.165) is 40.5 Å². The minimum Gasteiger partial charge on any atom is -0.340 e. The quantitative estimate of drug-likeness (QED) is 0.661. The molecule has 3 aromatic rings. The van der Waals surface area contributed by atoms with Crippen molar-refractivity contribution < 1.29 is 0 Å². The molecule has 6 nitrogen and oxygen atoms in total. The van der Waals surface area contributed by atoms with Crippen LogP contribution in [0.4, 0.5) is 5.95 Å². The number of para-hydroxylation sites is 1. The molecular weight excluding hydrogens is 418 g/mol. The number of anilines is 1. The van der Waals surface area contributed by atoms with Crippen LogP contribution in [0.1, 0.15) is 26.0 Å². The van der Waals surface area contributed by atoms with Crippen molar-refractivity contribution in [2.24, 2.45) is 11.8 Å². The zero-order valence-corrected chi connectivity index (χ0v) is 17.9. The van der Waals surface area contributed by atoms with E-state index < -0.39 is 0 Å². The molecule has 4 rings (SSSR count). The smallest absolute Gasteiger partial charge is 0.271 e. The number of nitrogens with zero attached hydrogens (tertiary/aromatic N) is 4. The summed E-state index contributed by atoms with van der Waals surface area (Å²) in [6.07, 6.45) is 3.06. The van der Waals surface area contributed by atoms with Crippen LogP contribution in [-0.4, -0.2) is 32.8 Å². The van der Waals surface area contributed by atoms with E-state index in [0.29, 0.717) is 17.5 Å². The van der Waals surface area contributed by atoms with Gasteiger partial charge in [-0.05, 0) is 53.2 Å². The normalized spacial score (nSPS) is 19.8. The molecule has 2 atom stereocenters. The molecule has 0 saturated carbocycles. The van der Waals surface area contributed by atoms with Gasteiger partial charge in [0.25, 0.3) is 5.56 Å². The number of nitrogens with one attached hydrogen (secondary N) is 1. The average molecular weight is 442 g/mol. The molecule has 28 heavy (non-hydrogen) atoms. The SMILES string of the molecule is Cc1nc(N2CC(C)CC(C)C2)ncc1-c1cc(=O)n(-c2ccccc2Br)[nH]1. The van der Waals surface area contributed by atoms with Gasteiger partial charge in [0.1, 0.15) is 0 Å². The molecule has 1 saturated heterocycles. The Hall–Kier alpha value is -2.41. The van der Waals surface area contributed by atoms with Crippen molar-refractivity contribution in [3.8, 4) is 16.9 Å². The molecule has 0 bridgehead atoms. The van der Waals surface area contributed by atoms with Gasteiger partial charge in [0.05, 0.1) is 17.1 Å². The largest absolute Gasteiger partial charge is 0.340 e. The number of H-pyrrole nitrogens is 1. The predicted molar refractivity (Wildman–Crippen MR) is 115 cm³/mol. The zero-order valence-electron chi connectivity index (χ0n) is 16.3. The van der Waals surface area contributed by atoms with Gasteiger partial charge in [0.2, 0.25) is 5.95 Å². The number of hydrogen-bond acceptors (Lipinski definition) is 4. The lowest BCUT2D eigenvalue weighted by atomic mass is 9.92. The number of hydrogen-bond donors (Lipinski definition) is 1. The van der Waals surface area contributed by atoms with Gasteiger partial charge in [-0.1, -0.05) is 26.0 Å². The molecule has 2 aromatic heterocycles. The van der Waals surface area contributed by atoms with Gasteiger partial charge < -0.3 is 4.90 Å². The Balaban J connectivity index is 1.67. The van der Waals surface area contributed by atoms with Crippen LogP contribution in [0, 0.1) is 18.8 Å². The zero-order chi connectivity index (χ0) is 19.8. The molecule has 7 heteroatoms. The highest BCUT2D eigenvalue weighted by atomic mass is 79.9. The van der Waals surface area contributed by atoms with E-state index in [4.69, 9.17) is 4.98 Å². The molecule has 1 aromatic carbocycles. The molecule has 0 spiro atoms. The second-order valence-electron chi connectivity index (χ2n) is 7.81. The number of aryl methyl sites for hydroxylation is 1. The Morgan fingerprint density at radius 3 is 2.57 bits per heavy atom. The minimum absolute atomic E-state index is 0.121. The number of aromatic amines is 1. The summed E-state index contributed by atoms with van der Waals surface area (Å²) in [5, 5.41) is 3.19. The summed E-state index contributed by atoms with van der Waals surface area (Å²) in [6, 6.07) is 9.21. The van der Waals surface area contributed by atoms with Crippen molar-refractivity contribution in [1.82, 2.24) is 19.7 Å². The first kappa shape index (κ1) is 18.9. The molecule has 0 radical (unpaired) electrons. The number of piperidine rings is 1. The molecule has 0 amide bonds. The lowest BCUT2D eigenvalue weighted by Gasteiger charge is -2.35. The Labute approximate surface area is 172 Å². The fourth-order valence-electron chi connectivity index (χ4n) is 4.04. The maximum absolute atomic E-state index is 12.5. The van der Waals surface area contributed by atoms with E-state index in [1.807, 2.05) is 37.4 Å². The van der Waals surface area contributed by atoms with Crippen LogP contribution in [0.3, 0.4) is 0 Å². The summed E-state index contributed by atoms with van der Waals surface area (Å²) in [4.78, 5) is 24.2. The van der Waals surface area contributed by atoms with Crippen LogP contribution in [0.2, 0.25) is 0 Å². The fourth-order valence-corrected chi connectivity index (χ4v) is 4.51. The molecule has 0 aliphatic carbocycles. The van der Waals surface area contributed by atoms with Gasteiger partial charge in [-0.2, -0.15) is 0 Å². The Bertz CT molecular complexity index is 1050. The Morgan fingerprint density at radius 1 is 1.18 bits per heavy atom. The van der Waals surface area contributed by atoms with Crippen molar-refractivity contribution in [3.05, 3.63) is 57.0 Å². The van der Waals surface area contributed by atoms with Gasteiger partial charge in [-0.15, -0.1) is 0 Å². The second-order valence-corrected chi connectivity index (χ2v) is 8.67. The van der Waals surface area contributed by atoms with Crippen LogP contribution in [0.5, 0.6) is 0 Å². The van der Waals surface area contributed by atoms with E-state index in [1.165, 1.54) is 11.1 Å². The minimum atomic E-state index is -0.121. The van der Waals surface area contributed by atoms with E-state index in [9.17, 15) is 4.79 Å². The molecular formula is C21H24BrN5O. The first-order valence-corrected chi connectivity index (χ1v) is 10.4. The number of rotatable bonds is 3. The molecule has 2 unspecified atom stereocenters. The van der Waals surface area contributed by atoms with Gasteiger partial charge in [-0.3, -0.25) is 9.89 Å². The van der Waals surface area contributed by atoms with Crippen molar-refractivity contribution in [1.29, 1.82) is 0 Å². The van der Waals surface area contributed by atoms with Crippen molar-refractivity contribution in [3.63, 3.8) is 0 Å². The molecule has 1 fully saturated rings. The van der Waals surface area contributed by atoms with Gasteiger partial charge in [-0.25, -0.2) is 14.6 Å². The number of aromatic nitrogens is 4. The summed E-state index contributed by atoms with van der Waals surface area (Å²) in [5.74, 6) is 2.05. The summed E-state index contributed by atoms with van der Waals surface area (Å²) >= 11 is 3.50. The summed E-state index contributed by atoms with van der Waals surface area (Å²) in [6.45, 7) is 8.49. The van der Waals surface area contributed by atoms with Gasteiger partial charge in [0, 0.05) is 35.4 Å². The summed E-state index contributed by atoms with van der Waals surface area (Å²) in [7, 11) is 0. The lowest BCUT2D eigenvalue weighted by Crippen LogP contribution is -2.39. The first-order chi connectivity index (χ1) is 13.4. The number of halogens is 1. The fraction of sp³-hybridized carbons (Fsp3) is 0.381. The molecule has 1 N–H and O–H groups in total. The summed E-state index contributed by atoms with van der Waals surface area (Å²) < 4.78 is 2.38. The van der Waals surface area contributed by atoms with E-state index >= 15 is 0 Å². The van der Waals surface area contributed by atoms with Crippen molar-refractivity contribution >= 4 is 21.9 Å². The third-order valence-corrected chi connectivity index (χ3v) is 5.89. The Kier molecular flexibility index (Phi) is 5.10. The topological polar surface area (TPSA) is 66.8 Å². The maximum Gasteiger partial charge on any atom is 0.271 e. The molecule has 1 aliphatic heterocycles. The highest BCUT2D eigenvalue weighted by molar-refractivity contribution is 9.10. The lowest BCUT2D eigenvalue weighted by molar-refractivity contribution is 0.353. The Morgan fingerprint density at radius 2 is 1.89 bits per heavy atom. The average Bonchev–Trinajstić information content (AvgIpc) is 3.02. The first-order valence-electron chi connectivity index (χ1n) is 9.58. The van der Waals surface area contributed by atoms with Crippen LogP contribution in [0.25, 0.3) is 16.9 Å². The third kappa shape index (κ3) is 3.63. The summed E-state index contributed by atoms with van der Waals surface area (Å²) in [5.41, 5.74) is 3.06. The van der Waals surface area contributed by atoms with Gasteiger partial charge in [0.15, 0.2) is 0 Å². The highest BCUT2D eigenvalue weighted by Crippen LogP contribution is 2.27. The second kappa shape index (κ2) is 7.54. The van der Waals surface area contributed by atoms with Crippen LogP contribution in [-0.2, 0) is 0 Å². The standard InChI is InChI=1S/C21H24BrN5O/c1-13-8-14(2)12-26(11-13)21-23-10-16(15(3)24-21)18-9-20(28)27(25-18)19-7-5-4-6-17(19)22/h4-7,9-10,13-14,25H,8,11-12H2,1-3H3. The van der Waals surface area contributed by atoms with E-state index in [-0.39, 0.29) is 5.56 Å². The van der Waals surface area contributed by atoms with Gasteiger partial charge >= 0.3 is 0 Å². The van der Waals surface area contributed by atoms with Crippen LogP contribution in [0.15, 0.2) is 45.8 Å². The molecule has 146 valence electrons. The third-order valence-electron chi connectivity index (χ3n) is 5.22. The molecule has 3 heterocycles. The number of benzene rings is 1. The van der Waals surface area contributed by atoms with E-state index in [2.05, 4.69) is 44.8 Å². The molecule has 1 aliphatic rings. The predicted octanol–water partition coefficient (Wildman–Crippen LogP) is 4.18. The van der Waals surface area contributed by atoms with Crippen LogP contribution < -0.4 is 10.5 Å². The highest BCUT2D eigenvalue weighted by Gasteiger charge is 2.24. The van der Waals surface area contributed by atoms with Crippen molar-refractivity contribution in [2.45, 2.75) is 27.2 Å².